The molecule has 1 saturated heterocycles. The molecule has 2 aromatic carbocycles. The minimum absolute atomic E-state index is 0.0273. The third-order valence-corrected chi connectivity index (χ3v) is 5.28. The molecule has 32 heavy (non-hydrogen) atoms. The van der Waals surface area contributed by atoms with Crippen LogP contribution in [0.2, 0.25) is 0 Å². The van der Waals surface area contributed by atoms with E-state index in [1.807, 2.05) is 12.1 Å². The van der Waals surface area contributed by atoms with Gasteiger partial charge in [0, 0.05) is 36.7 Å². The molecule has 0 saturated carbocycles. The zero-order valence-electron chi connectivity index (χ0n) is 18.3. The minimum atomic E-state index is -0.289. The fraction of sp³-hybridized carbons (Fsp3) is 0.333. The SMILES string of the molecule is COc1cc(N=c2oc3c(OC)cccc3cc2C(=O)NC[C@@H]2CCCO2)cc(OC)c1. The number of benzene rings is 2. The van der Waals surface area contributed by atoms with E-state index in [9.17, 15) is 4.79 Å². The number of carbonyl (C=O) groups excluding carboxylic acids is 1. The van der Waals surface area contributed by atoms with Crippen molar-refractivity contribution in [3.05, 3.63) is 53.6 Å². The molecule has 8 nitrogen and oxygen atoms in total. The Morgan fingerprint density at radius 2 is 1.88 bits per heavy atom. The Morgan fingerprint density at radius 3 is 2.53 bits per heavy atom. The van der Waals surface area contributed by atoms with Gasteiger partial charge in [0.15, 0.2) is 11.3 Å². The van der Waals surface area contributed by atoms with E-state index in [0.717, 1.165) is 24.8 Å². The number of hydrogen-bond donors (Lipinski definition) is 1. The Kier molecular flexibility index (Phi) is 6.61. The summed E-state index contributed by atoms with van der Waals surface area (Å²) in [6.45, 7) is 1.16. The zero-order valence-corrected chi connectivity index (χ0v) is 18.3. The first-order valence-corrected chi connectivity index (χ1v) is 10.4. The highest BCUT2D eigenvalue weighted by atomic mass is 16.5. The van der Waals surface area contributed by atoms with E-state index in [1.165, 1.54) is 0 Å². The molecule has 1 aliphatic heterocycles. The van der Waals surface area contributed by atoms with Crippen LogP contribution in [0.4, 0.5) is 5.69 Å². The molecule has 0 unspecified atom stereocenters. The number of hydrogen-bond acceptors (Lipinski definition) is 7. The van der Waals surface area contributed by atoms with Crippen LogP contribution in [0.15, 0.2) is 51.9 Å². The van der Waals surface area contributed by atoms with Crippen molar-refractivity contribution in [2.45, 2.75) is 18.9 Å². The lowest BCUT2D eigenvalue weighted by atomic mass is 10.1. The normalized spacial score (nSPS) is 16.2. The number of amides is 1. The summed E-state index contributed by atoms with van der Waals surface area (Å²) in [5.41, 5.74) is 1.49. The highest BCUT2D eigenvalue weighted by Gasteiger charge is 2.19. The standard InChI is InChI=1S/C24H26N2O6/c1-28-18-11-16(12-19(13-18)29-2)26-24-20(23(27)25-14-17-7-5-9-31-17)10-15-6-4-8-21(30-3)22(15)32-24/h4,6,8,10-13,17H,5,7,9,14H2,1-3H3,(H,25,27)/t17-/m0/s1. The number of nitrogens with one attached hydrogen (secondary N) is 1. The maximum atomic E-state index is 13.1. The first-order valence-electron chi connectivity index (χ1n) is 10.4. The van der Waals surface area contributed by atoms with Gasteiger partial charge < -0.3 is 28.7 Å². The van der Waals surface area contributed by atoms with Gasteiger partial charge in [-0.25, -0.2) is 4.99 Å². The first-order chi connectivity index (χ1) is 15.6. The van der Waals surface area contributed by atoms with Crippen molar-refractivity contribution in [1.29, 1.82) is 0 Å². The van der Waals surface area contributed by atoms with Gasteiger partial charge in [0.25, 0.3) is 5.91 Å². The summed E-state index contributed by atoms with van der Waals surface area (Å²) in [6.07, 6.45) is 1.96. The Labute approximate surface area is 185 Å². The van der Waals surface area contributed by atoms with E-state index >= 15 is 0 Å². The lowest BCUT2D eigenvalue weighted by molar-refractivity contribution is 0.0854. The maximum Gasteiger partial charge on any atom is 0.256 e. The van der Waals surface area contributed by atoms with Crippen LogP contribution >= 0.6 is 0 Å². The molecule has 0 aliphatic carbocycles. The van der Waals surface area contributed by atoms with Gasteiger partial charge in [-0.3, -0.25) is 4.79 Å². The predicted octanol–water partition coefficient (Wildman–Crippen LogP) is 3.60. The number of fused-ring (bicyclic) bond motifs is 1. The monoisotopic (exact) mass is 438 g/mol. The minimum Gasteiger partial charge on any atom is -0.497 e. The molecule has 8 heteroatoms. The third kappa shape index (κ3) is 4.70. The van der Waals surface area contributed by atoms with Gasteiger partial charge in [-0.2, -0.15) is 0 Å². The Bertz CT molecular complexity index is 1160. The van der Waals surface area contributed by atoms with E-state index in [0.29, 0.717) is 40.6 Å². The first kappa shape index (κ1) is 21.7. The lowest BCUT2D eigenvalue weighted by Crippen LogP contribution is -2.34. The average Bonchev–Trinajstić information content (AvgIpc) is 3.35. The van der Waals surface area contributed by atoms with Crippen molar-refractivity contribution in [2.75, 3.05) is 34.5 Å². The number of para-hydroxylation sites is 1. The molecule has 0 spiro atoms. The second kappa shape index (κ2) is 9.74. The number of carbonyl (C=O) groups is 1. The van der Waals surface area contributed by atoms with Crippen molar-refractivity contribution in [3.63, 3.8) is 0 Å². The number of nitrogens with zero attached hydrogens (tertiary/aromatic N) is 1. The fourth-order valence-corrected chi connectivity index (χ4v) is 3.61. The van der Waals surface area contributed by atoms with Crippen LogP contribution < -0.4 is 25.1 Å². The fourth-order valence-electron chi connectivity index (χ4n) is 3.61. The van der Waals surface area contributed by atoms with Crippen molar-refractivity contribution >= 4 is 22.6 Å². The Morgan fingerprint density at radius 1 is 1.09 bits per heavy atom. The molecule has 2 heterocycles. The molecule has 1 N–H and O–H groups in total. The molecule has 1 fully saturated rings. The molecule has 0 bridgehead atoms. The van der Waals surface area contributed by atoms with E-state index in [4.69, 9.17) is 23.4 Å². The topological polar surface area (TPSA) is 91.5 Å². The second-order valence-electron chi connectivity index (χ2n) is 7.37. The predicted molar refractivity (Wildman–Crippen MR) is 119 cm³/mol. The van der Waals surface area contributed by atoms with E-state index in [-0.39, 0.29) is 17.6 Å². The smallest absolute Gasteiger partial charge is 0.256 e. The number of ether oxygens (including phenoxy) is 4. The summed E-state index contributed by atoms with van der Waals surface area (Å²) in [4.78, 5) is 17.7. The van der Waals surface area contributed by atoms with Crippen LogP contribution in [0.5, 0.6) is 17.2 Å². The van der Waals surface area contributed by atoms with Crippen LogP contribution in [0.1, 0.15) is 23.2 Å². The number of methoxy groups -OCH3 is 3. The Hall–Kier alpha value is -3.52. The molecule has 0 radical (unpaired) electrons. The van der Waals surface area contributed by atoms with Gasteiger partial charge in [0.1, 0.15) is 17.1 Å². The van der Waals surface area contributed by atoms with Crippen LogP contribution in [-0.4, -0.2) is 46.5 Å². The largest absolute Gasteiger partial charge is 0.497 e. The molecule has 3 aromatic rings. The van der Waals surface area contributed by atoms with Crippen molar-refractivity contribution < 1.29 is 28.2 Å². The van der Waals surface area contributed by atoms with Gasteiger partial charge in [0.05, 0.1) is 33.1 Å². The summed E-state index contributed by atoms with van der Waals surface area (Å²) in [5, 5.41) is 3.67. The second-order valence-corrected chi connectivity index (χ2v) is 7.37. The molecular weight excluding hydrogens is 412 g/mol. The van der Waals surface area contributed by atoms with E-state index in [1.54, 1.807) is 51.7 Å². The van der Waals surface area contributed by atoms with Crippen LogP contribution in [0.25, 0.3) is 11.0 Å². The van der Waals surface area contributed by atoms with Crippen molar-refractivity contribution in [2.24, 2.45) is 4.99 Å². The molecule has 168 valence electrons. The zero-order chi connectivity index (χ0) is 22.5. The van der Waals surface area contributed by atoms with Crippen LogP contribution in [0, 0.1) is 0 Å². The van der Waals surface area contributed by atoms with E-state index < -0.39 is 0 Å². The summed E-state index contributed by atoms with van der Waals surface area (Å²) < 4.78 is 27.8. The molecular formula is C24H26N2O6. The highest BCUT2D eigenvalue weighted by Crippen LogP contribution is 2.28. The van der Waals surface area contributed by atoms with Crippen LogP contribution in [0.3, 0.4) is 0 Å². The quantitative estimate of drug-likeness (QED) is 0.606. The molecule has 1 atom stereocenters. The van der Waals surface area contributed by atoms with Crippen molar-refractivity contribution in [3.8, 4) is 17.2 Å². The molecule has 1 aromatic heterocycles. The molecule has 1 aliphatic rings. The van der Waals surface area contributed by atoms with Crippen molar-refractivity contribution in [1.82, 2.24) is 5.32 Å². The summed E-state index contributed by atoms with van der Waals surface area (Å²) >= 11 is 0. The lowest BCUT2D eigenvalue weighted by Gasteiger charge is -2.12. The summed E-state index contributed by atoms with van der Waals surface area (Å²) in [6, 6.07) is 12.5. The van der Waals surface area contributed by atoms with Gasteiger partial charge in [-0.1, -0.05) is 12.1 Å². The molecule has 1 amide bonds. The van der Waals surface area contributed by atoms with E-state index in [2.05, 4.69) is 10.3 Å². The Balaban J connectivity index is 1.82. The van der Waals surface area contributed by atoms with Gasteiger partial charge >= 0.3 is 0 Å². The average molecular weight is 438 g/mol. The van der Waals surface area contributed by atoms with Gasteiger partial charge in [-0.05, 0) is 25.0 Å². The number of rotatable bonds is 7. The summed E-state index contributed by atoms with van der Waals surface area (Å²) in [5.74, 6) is 1.41. The maximum absolute atomic E-state index is 13.1. The molecule has 4 rings (SSSR count). The third-order valence-electron chi connectivity index (χ3n) is 5.28. The summed E-state index contributed by atoms with van der Waals surface area (Å²) in [7, 11) is 4.69. The van der Waals surface area contributed by atoms with Crippen LogP contribution in [-0.2, 0) is 4.74 Å². The van der Waals surface area contributed by atoms with Gasteiger partial charge in [0.2, 0.25) is 5.55 Å². The highest BCUT2D eigenvalue weighted by molar-refractivity contribution is 5.97. The van der Waals surface area contributed by atoms with Gasteiger partial charge in [-0.15, -0.1) is 0 Å².